The van der Waals surface area contributed by atoms with Gasteiger partial charge in [0.15, 0.2) is 0 Å². The summed E-state index contributed by atoms with van der Waals surface area (Å²) in [6.07, 6.45) is 1.73. The van der Waals surface area contributed by atoms with Gasteiger partial charge in [0.2, 0.25) is 0 Å². The molecule has 0 aliphatic rings. The molecule has 0 fully saturated rings. The van der Waals surface area contributed by atoms with Crippen molar-refractivity contribution in [2.45, 2.75) is 6.54 Å². The zero-order valence-corrected chi connectivity index (χ0v) is 10.9. The summed E-state index contributed by atoms with van der Waals surface area (Å²) < 4.78 is 7.07. The number of nitrogen functional groups attached to an aromatic ring is 1. The average Bonchev–Trinajstić information content (AvgIpc) is 2.84. The number of hydrazine groups is 1. The Bertz CT molecular complexity index is 603. The zero-order chi connectivity index (χ0) is 13.7. The summed E-state index contributed by atoms with van der Waals surface area (Å²) in [5.74, 6) is 5.31. The predicted molar refractivity (Wildman–Crippen MR) is 72.2 cm³/mol. The largest absolute Gasteiger partial charge is 0.492 e. The van der Waals surface area contributed by atoms with E-state index >= 15 is 0 Å². The van der Waals surface area contributed by atoms with Gasteiger partial charge < -0.3 is 9.30 Å². The lowest BCUT2D eigenvalue weighted by atomic mass is 10.2. The van der Waals surface area contributed by atoms with Crippen LogP contribution in [0.2, 0.25) is 0 Å². The highest BCUT2D eigenvalue weighted by Gasteiger charge is 2.03. The molecule has 2 rings (SSSR count). The summed E-state index contributed by atoms with van der Waals surface area (Å²) in [6.45, 7) is 0.881. The summed E-state index contributed by atoms with van der Waals surface area (Å²) >= 11 is 1.15. The van der Waals surface area contributed by atoms with E-state index in [-0.39, 0.29) is 10.8 Å². The number of nitrogens with one attached hydrogen (secondary N) is 1. The molecule has 1 heterocycles. The van der Waals surface area contributed by atoms with Crippen LogP contribution in [0.4, 0.5) is 0 Å². The second-order valence-corrected chi connectivity index (χ2v) is 4.57. The molecule has 1 aromatic heterocycles. The quantitative estimate of drug-likeness (QED) is 0.476. The lowest BCUT2D eigenvalue weighted by Gasteiger charge is -2.07. The van der Waals surface area contributed by atoms with Gasteiger partial charge in [-0.2, -0.15) is 0 Å². The van der Waals surface area contributed by atoms with Gasteiger partial charge in [-0.15, -0.1) is 0 Å². The van der Waals surface area contributed by atoms with Crippen LogP contribution in [0.25, 0.3) is 0 Å². The van der Waals surface area contributed by atoms with Gasteiger partial charge in [-0.1, -0.05) is 11.3 Å². The second-order valence-electron chi connectivity index (χ2n) is 3.71. The normalized spacial score (nSPS) is 10.2. The van der Waals surface area contributed by atoms with Crippen LogP contribution in [0.5, 0.6) is 5.75 Å². The van der Waals surface area contributed by atoms with E-state index < -0.39 is 0 Å². The van der Waals surface area contributed by atoms with Crippen LogP contribution in [0.1, 0.15) is 10.4 Å². The van der Waals surface area contributed by atoms with Crippen molar-refractivity contribution < 1.29 is 9.53 Å². The highest BCUT2D eigenvalue weighted by Crippen LogP contribution is 2.12. The van der Waals surface area contributed by atoms with Crippen molar-refractivity contribution in [3.8, 4) is 5.75 Å². The van der Waals surface area contributed by atoms with Crippen LogP contribution < -0.4 is 20.9 Å². The minimum Gasteiger partial charge on any atom is -0.492 e. The van der Waals surface area contributed by atoms with Crippen molar-refractivity contribution in [2.24, 2.45) is 5.84 Å². The monoisotopic (exact) mass is 279 g/mol. The van der Waals surface area contributed by atoms with Gasteiger partial charge in [0, 0.05) is 17.1 Å². The van der Waals surface area contributed by atoms with E-state index in [1.807, 2.05) is 0 Å². The molecule has 19 heavy (non-hydrogen) atoms. The van der Waals surface area contributed by atoms with Crippen LogP contribution in [-0.4, -0.2) is 17.1 Å². The molecule has 2 aromatic rings. The maximum atomic E-state index is 11.3. The fraction of sp³-hybridized carbons (Fsp3) is 0.167. The van der Waals surface area contributed by atoms with E-state index in [9.17, 15) is 9.59 Å². The number of amides is 1. The van der Waals surface area contributed by atoms with Crippen molar-refractivity contribution in [1.29, 1.82) is 0 Å². The van der Waals surface area contributed by atoms with E-state index in [0.717, 1.165) is 11.3 Å². The molecule has 0 atom stereocenters. The molecule has 0 radical (unpaired) electrons. The highest BCUT2D eigenvalue weighted by molar-refractivity contribution is 7.07. The van der Waals surface area contributed by atoms with E-state index in [1.54, 1.807) is 40.4 Å². The van der Waals surface area contributed by atoms with Crippen molar-refractivity contribution >= 4 is 17.2 Å². The number of hydrogen-bond donors (Lipinski definition) is 2. The fourth-order valence-corrected chi connectivity index (χ4v) is 2.12. The van der Waals surface area contributed by atoms with Crippen molar-refractivity contribution in [2.75, 3.05) is 6.61 Å². The van der Waals surface area contributed by atoms with Crippen LogP contribution in [0.15, 0.2) is 40.6 Å². The number of aromatic nitrogens is 1. The maximum Gasteiger partial charge on any atom is 0.307 e. The molecule has 0 aliphatic carbocycles. The number of hydrogen-bond acceptors (Lipinski definition) is 5. The number of ether oxygens (including phenoxy) is 1. The first kappa shape index (κ1) is 13.3. The topological polar surface area (TPSA) is 86.3 Å². The Morgan fingerprint density at radius 2 is 2.11 bits per heavy atom. The van der Waals surface area contributed by atoms with Crippen LogP contribution in [-0.2, 0) is 6.54 Å². The van der Waals surface area contributed by atoms with Crippen molar-refractivity contribution in [1.82, 2.24) is 9.99 Å². The first-order valence-electron chi connectivity index (χ1n) is 5.58. The molecule has 1 amide bonds. The van der Waals surface area contributed by atoms with E-state index in [1.165, 1.54) is 0 Å². The van der Waals surface area contributed by atoms with Crippen LogP contribution >= 0.6 is 11.3 Å². The van der Waals surface area contributed by atoms with Gasteiger partial charge in [-0.25, -0.2) is 5.84 Å². The molecule has 6 nitrogen and oxygen atoms in total. The minimum absolute atomic E-state index is 0.00133. The molecule has 100 valence electrons. The van der Waals surface area contributed by atoms with E-state index in [0.29, 0.717) is 24.5 Å². The average molecular weight is 279 g/mol. The third-order valence-electron chi connectivity index (χ3n) is 2.49. The molecule has 0 saturated heterocycles. The maximum absolute atomic E-state index is 11.3. The number of nitrogens with zero attached hydrogens (tertiary/aromatic N) is 1. The van der Waals surface area contributed by atoms with Gasteiger partial charge >= 0.3 is 4.87 Å². The Labute approximate surface area is 113 Å². The summed E-state index contributed by atoms with van der Waals surface area (Å²) in [5.41, 5.74) is 2.51. The molecule has 0 bridgehead atoms. The van der Waals surface area contributed by atoms with Gasteiger partial charge in [-0.05, 0) is 24.3 Å². The standard InChI is InChI=1S/C12H13N3O3S/c13-14-11(16)9-1-3-10(4-2-9)18-7-5-15-6-8-19-12(15)17/h1-4,6,8H,5,7,13H2,(H,14,16). The number of carbonyl (C=O) groups is 1. The van der Waals surface area contributed by atoms with Crippen molar-refractivity contribution in [3.63, 3.8) is 0 Å². The Balaban J connectivity index is 1.88. The SMILES string of the molecule is NNC(=O)c1ccc(OCCn2ccsc2=O)cc1. The smallest absolute Gasteiger partial charge is 0.307 e. The molecule has 0 saturated carbocycles. The number of rotatable bonds is 5. The summed E-state index contributed by atoms with van der Waals surface area (Å²) in [4.78, 5) is 22.5. The van der Waals surface area contributed by atoms with Gasteiger partial charge in [0.05, 0.1) is 6.54 Å². The molecular weight excluding hydrogens is 266 g/mol. The lowest BCUT2D eigenvalue weighted by Crippen LogP contribution is -2.29. The van der Waals surface area contributed by atoms with Crippen molar-refractivity contribution in [3.05, 3.63) is 51.1 Å². The van der Waals surface area contributed by atoms with E-state index in [4.69, 9.17) is 10.6 Å². The Kier molecular flexibility index (Phi) is 4.32. The molecule has 0 spiro atoms. The molecule has 1 aromatic carbocycles. The Morgan fingerprint density at radius 3 is 2.68 bits per heavy atom. The van der Waals surface area contributed by atoms with Gasteiger partial charge in [0.25, 0.3) is 5.91 Å². The first-order chi connectivity index (χ1) is 9.20. The molecule has 7 heteroatoms. The number of thiazole rings is 1. The fourth-order valence-electron chi connectivity index (χ4n) is 1.50. The zero-order valence-electron chi connectivity index (χ0n) is 10.0. The van der Waals surface area contributed by atoms with Crippen LogP contribution in [0, 0.1) is 0 Å². The Morgan fingerprint density at radius 1 is 1.37 bits per heavy atom. The molecule has 0 aliphatic heterocycles. The molecular formula is C12H13N3O3S. The predicted octanol–water partition coefficient (Wildman–Crippen LogP) is 0.592. The summed E-state index contributed by atoms with van der Waals surface area (Å²) in [7, 11) is 0. The first-order valence-corrected chi connectivity index (χ1v) is 6.46. The van der Waals surface area contributed by atoms with Crippen LogP contribution in [0.3, 0.4) is 0 Å². The highest BCUT2D eigenvalue weighted by atomic mass is 32.1. The van der Waals surface area contributed by atoms with Gasteiger partial charge in [0.1, 0.15) is 12.4 Å². The third kappa shape index (κ3) is 3.43. The number of benzene rings is 1. The number of carbonyl (C=O) groups excluding carboxylic acids is 1. The summed E-state index contributed by atoms with van der Waals surface area (Å²) in [6, 6.07) is 6.60. The van der Waals surface area contributed by atoms with E-state index in [2.05, 4.69) is 5.43 Å². The molecule has 0 unspecified atom stereocenters. The summed E-state index contributed by atoms with van der Waals surface area (Å²) in [5, 5.41) is 1.74. The van der Waals surface area contributed by atoms with Gasteiger partial charge in [-0.3, -0.25) is 15.0 Å². The second kappa shape index (κ2) is 6.17. The lowest BCUT2D eigenvalue weighted by molar-refractivity contribution is 0.0953. The third-order valence-corrected chi connectivity index (χ3v) is 3.19. The molecule has 3 N–H and O–H groups in total. The Hall–Kier alpha value is -2.12. The number of nitrogens with two attached hydrogens (primary N) is 1. The minimum atomic E-state index is -0.351.